The molecular formula is C10H16FN3O2. The van der Waals surface area contributed by atoms with Crippen LogP contribution in [-0.2, 0) is 18.4 Å². The second kappa shape index (κ2) is 4.11. The van der Waals surface area contributed by atoms with E-state index < -0.39 is 11.4 Å². The van der Waals surface area contributed by atoms with Gasteiger partial charge in [-0.2, -0.15) is 4.39 Å². The second-order valence-electron chi connectivity index (χ2n) is 4.65. The molecule has 0 aromatic carbocycles. The highest BCUT2D eigenvalue weighted by atomic mass is 19.1. The Morgan fingerprint density at radius 1 is 1.56 bits per heavy atom. The number of halogens is 1. The molecule has 0 fully saturated rings. The zero-order valence-corrected chi connectivity index (χ0v) is 9.83. The summed E-state index contributed by atoms with van der Waals surface area (Å²) in [4.78, 5) is 11.5. The molecule has 0 bridgehead atoms. The van der Waals surface area contributed by atoms with Crippen molar-refractivity contribution in [2.75, 3.05) is 0 Å². The van der Waals surface area contributed by atoms with Crippen molar-refractivity contribution in [1.82, 2.24) is 15.1 Å². The van der Waals surface area contributed by atoms with Crippen molar-refractivity contribution in [3.05, 3.63) is 11.5 Å². The van der Waals surface area contributed by atoms with Crippen LogP contribution < -0.4 is 5.32 Å². The lowest BCUT2D eigenvalue weighted by Gasteiger charge is -2.17. The number of carbonyl (C=O) groups excluding carboxylic acids is 1. The number of aromatic nitrogens is 2. The van der Waals surface area contributed by atoms with Gasteiger partial charge in [-0.3, -0.25) is 4.79 Å². The second-order valence-corrected chi connectivity index (χ2v) is 4.65. The van der Waals surface area contributed by atoms with E-state index in [1.807, 2.05) is 0 Å². The summed E-state index contributed by atoms with van der Waals surface area (Å²) in [5.41, 5.74) is -0.547. The van der Waals surface area contributed by atoms with Crippen LogP contribution in [0, 0.1) is 11.4 Å². The molecule has 5 nitrogen and oxygen atoms in total. The number of rotatable bonds is 2. The summed E-state index contributed by atoms with van der Waals surface area (Å²) in [5, 5.41) is 15.4. The number of hydrogen-bond donors (Lipinski definition) is 2. The van der Waals surface area contributed by atoms with Crippen molar-refractivity contribution in [2.45, 2.75) is 27.3 Å². The van der Waals surface area contributed by atoms with E-state index in [0.29, 0.717) is 0 Å². The lowest BCUT2D eigenvalue weighted by atomic mass is 9.96. The molecule has 1 aromatic heterocycles. The molecule has 0 aliphatic heterocycles. The first-order valence-electron chi connectivity index (χ1n) is 4.92. The van der Waals surface area contributed by atoms with Gasteiger partial charge in [0.2, 0.25) is 17.7 Å². The Labute approximate surface area is 93.3 Å². The first-order valence-corrected chi connectivity index (χ1v) is 4.92. The van der Waals surface area contributed by atoms with E-state index in [-0.39, 0.29) is 23.9 Å². The zero-order chi connectivity index (χ0) is 12.5. The number of hydrogen-bond acceptors (Lipinski definition) is 3. The van der Waals surface area contributed by atoms with Crippen LogP contribution in [0.2, 0.25) is 0 Å². The minimum Gasteiger partial charge on any atom is -0.493 e. The molecule has 0 aliphatic rings. The van der Waals surface area contributed by atoms with Gasteiger partial charge in [0, 0.05) is 12.5 Å². The highest BCUT2D eigenvalue weighted by Crippen LogP contribution is 2.19. The predicted octanol–water partition coefficient (Wildman–Crippen LogP) is 0.927. The monoisotopic (exact) mass is 229 g/mol. The highest BCUT2D eigenvalue weighted by Gasteiger charge is 2.22. The third-order valence-electron chi connectivity index (χ3n) is 2.17. The van der Waals surface area contributed by atoms with E-state index >= 15 is 0 Å². The number of aromatic hydroxyl groups is 1. The van der Waals surface area contributed by atoms with Crippen LogP contribution in [0.1, 0.15) is 26.3 Å². The predicted molar refractivity (Wildman–Crippen MR) is 56.1 cm³/mol. The fraction of sp³-hybridized carbons (Fsp3) is 0.600. The smallest absolute Gasteiger partial charge is 0.241 e. The maximum Gasteiger partial charge on any atom is 0.241 e. The molecule has 0 spiro atoms. The Kier molecular flexibility index (Phi) is 3.21. The summed E-state index contributed by atoms with van der Waals surface area (Å²) >= 11 is 0. The van der Waals surface area contributed by atoms with Gasteiger partial charge < -0.3 is 10.4 Å². The number of nitrogens with zero attached hydrogens (tertiary/aromatic N) is 2. The Morgan fingerprint density at radius 2 is 2.12 bits per heavy atom. The number of amides is 1. The summed E-state index contributed by atoms with van der Waals surface area (Å²) in [6.07, 6.45) is 0. The molecule has 2 N–H and O–H groups in total. The largest absolute Gasteiger partial charge is 0.493 e. The van der Waals surface area contributed by atoms with Gasteiger partial charge in [0.25, 0.3) is 0 Å². The molecule has 0 unspecified atom stereocenters. The van der Waals surface area contributed by atoms with Crippen LogP contribution in [-0.4, -0.2) is 20.8 Å². The molecule has 0 saturated carbocycles. The lowest BCUT2D eigenvalue weighted by molar-refractivity contribution is -0.128. The summed E-state index contributed by atoms with van der Waals surface area (Å²) in [6.45, 7) is 5.19. The number of nitrogens with one attached hydrogen (secondary N) is 1. The van der Waals surface area contributed by atoms with E-state index in [4.69, 9.17) is 0 Å². The third kappa shape index (κ3) is 2.50. The SMILES string of the molecule is Cn1nc(F)c(CNC(=O)C(C)(C)C)c1O. The quantitative estimate of drug-likeness (QED) is 0.792. The van der Waals surface area contributed by atoms with Crippen LogP contribution in [0.5, 0.6) is 5.88 Å². The maximum absolute atomic E-state index is 13.2. The lowest BCUT2D eigenvalue weighted by Crippen LogP contribution is -2.34. The van der Waals surface area contributed by atoms with E-state index in [1.165, 1.54) is 7.05 Å². The van der Waals surface area contributed by atoms with E-state index in [9.17, 15) is 14.3 Å². The first kappa shape index (κ1) is 12.5. The molecule has 16 heavy (non-hydrogen) atoms. The van der Waals surface area contributed by atoms with Crippen molar-refractivity contribution in [3.8, 4) is 5.88 Å². The fourth-order valence-electron chi connectivity index (χ4n) is 1.11. The molecule has 0 atom stereocenters. The van der Waals surface area contributed by atoms with Crippen molar-refractivity contribution < 1.29 is 14.3 Å². The van der Waals surface area contributed by atoms with Gasteiger partial charge in [-0.05, 0) is 0 Å². The molecular weight excluding hydrogens is 213 g/mol. The normalized spacial score (nSPS) is 11.6. The maximum atomic E-state index is 13.2. The number of carbonyl (C=O) groups is 1. The number of aryl methyl sites for hydroxylation is 1. The van der Waals surface area contributed by atoms with E-state index in [1.54, 1.807) is 20.8 Å². The topological polar surface area (TPSA) is 67.2 Å². The van der Waals surface area contributed by atoms with Crippen molar-refractivity contribution in [2.24, 2.45) is 12.5 Å². The van der Waals surface area contributed by atoms with E-state index in [0.717, 1.165) is 4.68 Å². The Hall–Kier alpha value is -1.59. The van der Waals surface area contributed by atoms with Gasteiger partial charge in [0.05, 0.1) is 12.1 Å². The van der Waals surface area contributed by atoms with Crippen LogP contribution in [0.15, 0.2) is 0 Å². The zero-order valence-electron chi connectivity index (χ0n) is 9.83. The van der Waals surface area contributed by atoms with Crippen molar-refractivity contribution in [1.29, 1.82) is 0 Å². The minimum atomic E-state index is -0.769. The standard InChI is InChI=1S/C10H16FN3O2/c1-10(2,3)9(16)12-5-6-7(11)13-14(4)8(6)15/h15H,5H2,1-4H3,(H,12,16). The Bertz CT molecular complexity index is 407. The third-order valence-corrected chi connectivity index (χ3v) is 2.17. The van der Waals surface area contributed by atoms with Crippen LogP contribution in [0.4, 0.5) is 4.39 Å². The molecule has 0 saturated heterocycles. The van der Waals surface area contributed by atoms with Crippen LogP contribution in [0.3, 0.4) is 0 Å². The fourth-order valence-corrected chi connectivity index (χ4v) is 1.11. The molecule has 1 amide bonds. The van der Waals surface area contributed by atoms with E-state index in [2.05, 4.69) is 10.4 Å². The summed E-state index contributed by atoms with van der Waals surface area (Å²) < 4.78 is 14.2. The Balaban J connectivity index is 2.72. The molecule has 0 aliphatic carbocycles. The first-order chi connectivity index (χ1) is 7.23. The Morgan fingerprint density at radius 3 is 2.50 bits per heavy atom. The van der Waals surface area contributed by atoms with Gasteiger partial charge in [0.1, 0.15) is 0 Å². The summed E-state index contributed by atoms with van der Waals surface area (Å²) in [7, 11) is 1.42. The van der Waals surface area contributed by atoms with Crippen LogP contribution in [0.25, 0.3) is 0 Å². The van der Waals surface area contributed by atoms with Gasteiger partial charge in [-0.1, -0.05) is 20.8 Å². The average molecular weight is 229 g/mol. The van der Waals surface area contributed by atoms with Gasteiger partial charge in [-0.25, -0.2) is 4.68 Å². The summed E-state index contributed by atoms with van der Waals surface area (Å²) in [5.74, 6) is -1.25. The molecule has 1 rings (SSSR count). The van der Waals surface area contributed by atoms with Crippen molar-refractivity contribution in [3.63, 3.8) is 0 Å². The molecule has 90 valence electrons. The molecule has 1 aromatic rings. The summed E-state index contributed by atoms with van der Waals surface area (Å²) in [6, 6.07) is 0. The van der Waals surface area contributed by atoms with Gasteiger partial charge in [0.15, 0.2) is 0 Å². The molecule has 1 heterocycles. The molecule has 6 heteroatoms. The highest BCUT2D eigenvalue weighted by molar-refractivity contribution is 5.81. The van der Waals surface area contributed by atoms with Crippen molar-refractivity contribution >= 4 is 5.91 Å². The average Bonchev–Trinajstić information content (AvgIpc) is 2.37. The van der Waals surface area contributed by atoms with Gasteiger partial charge >= 0.3 is 0 Å². The van der Waals surface area contributed by atoms with Crippen LogP contribution >= 0.6 is 0 Å². The molecule has 0 radical (unpaired) electrons. The van der Waals surface area contributed by atoms with Gasteiger partial charge in [-0.15, -0.1) is 5.10 Å². The minimum absolute atomic E-state index is 0.0000926.